The van der Waals surface area contributed by atoms with Crippen LogP contribution in [0.2, 0.25) is 0 Å². The van der Waals surface area contributed by atoms with Crippen molar-refractivity contribution in [1.82, 2.24) is 5.32 Å². The van der Waals surface area contributed by atoms with E-state index in [1.54, 1.807) is 25.2 Å². The fourth-order valence-corrected chi connectivity index (χ4v) is 0.972. The van der Waals surface area contributed by atoms with Crippen molar-refractivity contribution in [1.29, 1.82) is 5.26 Å². The Morgan fingerprint density at radius 2 is 2.33 bits per heavy atom. The Bertz CT molecular complexity index is 315. The molecule has 0 atom stereocenters. The predicted molar refractivity (Wildman–Crippen MR) is 43.9 cm³/mol. The molecule has 0 saturated carbocycles. The maximum atomic E-state index is 12.8. The van der Waals surface area contributed by atoms with Crippen molar-refractivity contribution < 1.29 is 4.39 Å². The normalized spacial score (nSPS) is 9.42. The van der Waals surface area contributed by atoms with Gasteiger partial charge in [-0.3, -0.25) is 0 Å². The molecular weight excluding hydrogens is 155 g/mol. The largest absolute Gasteiger partial charge is 0.316 e. The molecular formula is C9H9FN2. The highest BCUT2D eigenvalue weighted by atomic mass is 19.1. The molecule has 0 aliphatic heterocycles. The van der Waals surface area contributed by atoms with Gasteiger partial charge in [0.25, 0.3) is 0 Å². The molecule has 0 aliphatic rings. The van der Waals surface area contributed by atoms with Crippen molar-refractivity contribution in [2.45, 2.75) is 6.54 Å². The SMILES string of the molecule is CNCc1ccc(F)c(C#N)c1. The molecule has 1 aromatic carbocycles. The van der Waals surface area contributed by atoms with Gasteiger partial charge in [-0.15, -0.1) is 0 Å². The summed E-state index contributed by atoms with van der Waals surface area (Å²) in [4.78, 5) is 0. The molecule has 0 aliphatic carbocycles. The second kappa shape index (κ2) is 3.84. The lowest BCUT2D eigenvalue weighted by atomic mass is 10.1. The van der Waals surface area contributed by atoms with Crippen molar-refractivity contribution in [3.63, 3.8) is 0 Å². The number of nitrogens with zero attached hydrogens (tertiary/aromatic N) is 1. The van der Waals surface area contributed by atoms with E-state index in [9.17, 15) is 4.39 Å². The summed E-state index contributed by atoms with van der Waals surface area (Å²) in [6.45, 7) is 0.648. The minimum atomic E-state index is -0.461. The predicted octanol–water partition coefficient (Wildman–Crippen LogP) is 1.42. The number of nitrogens with one attached hydrogen (secondary N) is 1. The number of rotatable bonds is 2. The van der Waals surface area contributed by atoms with Crippen LogP contribution in [0.3, 0.4) is 0 Å². The van der Waals surface area contributed by atoms with E-state index >= 15 is 0 Å². The zero-order valence-electron chi connectivity index (χ0n) is 6.76. The van der Waals surface area contributed by atoms with Crippen molar-refractivity contribution in [3.8, 4) is 6.07 Å². The summed E-state index contributed by atoms with van der Waals surface area (Å²) >= 11 is 0. The molecule has 0 amide bonds. The van der Waals surface area contributed by atoms with Crippen LogP contribution in [0.25, 0.3) is 0 Å². The van der Waals surface area contributed by atoms with E-state index in [0.29, 0.717) is 6.54 Å². The standard InChI is InChI=1S/C9H9FN2/c1-12-6-7-2-3-9(10)8(4-7)5-11/h2-4,12H,6H2,1H3. The lowest BCUT2D eigenvalue weighted by molar-refractivity contribution is 0.622. The summed E-state index contributed by atoms with van der Waals surface area (Å²) in [5, 5.41) is 11.4. The summed E-state index contributed by atoms with van der Waals surface area (Å²) in [6, 6.07) is 6.31. The van der Waals surface area contributed by atoms with Gasteiger partial charge < -0.3 is 5.32 Å². The van der Waals surface area contributed by atoms with Crippen LogP contribution in [0.4, 0.5) is 4.39 Å². The van der Waals surface area contributed by atoms with Crippen molar-refractivity contribution in [2.75, 3.05) is 7.05 Å². The van der Waals surface area contributed by atoms with Gasteiger partial charge in [0.15, 0.2) is 0 Å². The van der Waals surface area contributed by atoms with Crippen molar-refractivity contribution in [3.05, 3.63) is 35.1 Å². The molecule has 1 N–H and O–H groups in total. The summed E-state index contributed by atoms with van der Waals surface area (Å²) in [5.41, 5.74) is 1.01. The third-order valence-electron chi connectivity index (χ3n) is 1.53. The fourth-order valence-electron chi connectivity index (χ4n) is 0.972. The van der Waals surface area contributed by atoms with E-state index < -0.39 is 5.82 Å². The fraction of sp³-hybridized carbons (Fsp3) is 0.222. The van der Waals surface area contributed by atoms with Crippen LogP contribution in [0, 0.1) is 17.1 Å². The molecule has 0 unspecified atom stereocenters. The zero-order valence-corrected chi connectivity index (χ0v) is 6.76. The Hall–Kier alpha value is -1.40. The highest BCUT2D eigenvalue weighted by Gasteiger charge is 2.00. The van der Waals surface area contributed by atoms with E-state index in [-0.39, 0.29) is 5.56 Å². The topological polar surface area (TPSA) is 35.8 Å². The number of hydrogen-bond donors (Lipinski definition) is 1. The molecule has 0 bridgehead atoms. The number of hydrogen-bond acceptors (Lipinski definition) is 2. The summed E-state index contributed by atoms with van der Waals surface area (Å²) < 4.78 is 12.8. The van der Waals surface area contributed by atoms with Gasteiger partial charge >= 0.3 is 0 Å². The summed E-state index contributed by atoms with van der Waals surface area (Å²) in [7, 11) is 1.80. The van der Waals surface area contributed by atoms with Gasteiger partial charge in [0.1, 0.15) is 11.9 Å². The third-order valence-corrected chi connectivity index (χ3v) is 1.53. The smallest absolute Gasteiger partial charge is 0.140 e. The van der Waals surface area contributed by atoms with E-state index in [2.05, 4.69) is 5.32 Å². The van der Waals surface area contributed by atoms with E-state index in [4.69, 9.17) is 5.26 Å². The highest BCUT2D eigenvalue weighted by Crippen LogP contribution is 2.08. The Morgan fingerprint density at radius 1 is 1.58 bits per heavy atom. The Morgan fingerprint density at radius 3 is 2.92 bits per heavy atom. The van der Waals surface area contributed by atoms with Gasteiger partial charge in [-0.2, -0.15) is 5.26 Å². The number of nitriles is 1. The minimum absolute atomic E-state index is 0.0998. The summed E-state index contributed by atoms with van der Waals surface area (Å²) in [5.74, 6) is -0.461. The molecule has 62 valence electrons. The van der Waals surface area contributed by atoms with Gasteiger partial charge in [0, 0.05) is 6.54 Å². The third kappa shape index (κ3) is 1.80. The molecule has 0 radical (unpaired) electrons. The van der Waals surface area contributed by atoms with Crippen LogP contribution in [0.5, 0.6) is 0 Å². The second-order valence-corrected chi connectivity index (χ2v) is 2.46. The molecule has 0 saturated heterocycles. The van der Waals surface area contributed by atoms with Crippen LogP contribution in [-0.4, -0.2) is 7.05 Å². The van der Waals surface area contributed by atoms with Crippen LogP contribution in [0.1, 0.15) is 11.1 Å². The molecule has 1 aromatic rings. The maximum absolute atomic E-state index is 12.8. The lowest BCUT2D eigenvalue weighted by Gasteiger charge is -2.00. The molecule has 12 heavy (non-hydrogen) atoms. The molecule has 0 fully saturated rings. The first-order valence-electron chi connectivity index (χ1n) is 3.61. The zero-order chi connectivity index (χ0) is 8.97. The molecule has 0 heterocycles. The Kier molecular flexibility index (Phi) is 2.78. The molecule has 0 aromatic heterocycles. The van der Waals surface area contributed by atoms with E-state index in [1.807, 2.05) is 0 Å². The van der Waals surface area contributed by atoms with Crippen LogP contribution >= 0.6 is 0 Å². The van der Waals surface area contributed by atoms with Gasteiger partial charge in [0.05, 0.1) is 5.56 Å². The first-order chi connectivity index (χ1) is 5.77. The van der Waals surface area contributed by atoms with Gasteiger partial charge in [0.2, 0.25) is 0 Å². The average Bonchev–Trinajstić information content (AvgIpc) is 2.09. The summed E-state index contributed by atoms with van der Waals surface area (Å²) in [6.07, 6.45) is 0. The minimum Gasteiger partial charge on any atom is -0.316 e. The molecule has 2 nitrogen and oxygen atoms in total. The highest BCUT2D eigenvalue weighted by molar-refractivity contribution is 5.34. The Labute approximate surface area is 70.6 Å². The van der Waals surface area contributed by atoms with E-state index in [0.717, 1.165) is 5.56 Å². The Balaban J connectivity index is 2.99. The van der Waals surface area contributed by atoms with E-state index in [1.165, 1.54) is 6.07 Å². The monoisotopic (exact) mass is 164 g/mol. The van der Waals surface area contributed by atoms with Crippen molar-refractivity contribution >= 4 is 0 Å². The maximum Gasteiger partial charge on any atom is 0.140 e. The second-order valence-electron chi connectivity index (χ2n) is 2.46. The molecule has 3 heteroatoms. The first-order valence-corrected chi connectivity index (χ1v) is 3.61. The van der Waals surface area contributed by atoms with Crippen molar-refractivity contribution in [2.24, 2.45) is 0 Å². The molecule has 0 spiro atoms. The first kappa shape index (κ1) is 8.69. The number of benzene rings is 1. The van der Waals surface area contributed by atoms with Gasteiger partial charge in [-0.25, -0.2) is 4.39 Å². The van der Waals surface area contributed by atoms with Crippen LogP contribution in [0.15, 0.2) is 18.2 Å². The quantitative estimate of drug-likeness (QED) is 0.717. The average molecular weight is 164 g/mol. The van der Waals surface area contributed by atoms with Gasteiger partial charge in [-0.1, -0.05) is 6.07 Å². The number of halogens is 1. The lowest BCUT2D eigenvalue weighted by Crippen LogP contribution is -2.05. The van der Waals surface area contributed by atoms with Crippen LogP contribution < -0.4 is 5.32 Å². The molecule has 1 rings (SSSR count). The van der Waals surface area contributed by atoms with Gasteiger partial charge in [-0.05, 0) is 24.7 Å². The van der Waals surface area contributed by atoms with Crippen LogP contribution in [-0.2, 0) is 6.54 Å².